The van der Waals surface area contributed by atoms with E-state index in [0.29, 0.717) is 44.5 Å². The Balaban J connectivity index is 1.53. The molecule has 2 N–H and O–H groups in total. The van der Waals surface area contributed by atoms with Gasteiger partial charge in [0.15, 0.2) is 0 Å². The maximum absolute atomic E-state index is 12.8. The second-order valence-corrected chi connectivity index (χ2v) is 9.65. The summed E-state index contributed by atoms with van der Waals surface area (Å²) in [5.41, 5.74) is 0.382. The molecular weight excluding hydrogens is 378 g/mol. The predicted molar refractivity (Wildman–Crippen MR) is 107 cm³/mol. The van der Waals surface area contributed by atoms with Gasteiger partial charge in [-0.1, -0.05) is 6.07 Å². The van der Waals surface area contributed by atoms with Gasteiger partial charge in [-0.3, -0.25) is 4.79 Å². The average Bonchev–Trinajstić information content (AvgIpc) is 2.73. The van der Waals surface area contributed by atoms with Gasteiger partial charge in [0.05, 0.1) is 37.2 Å². The van der Waals surface area contributed by atoms with Crippen LogP contribution in [0.5, 0.6) is 0 Å². The van der Waals surface area contributed by atoms with Crippen LogP contribution in [0.2, 0.25) is 0 Å². The standard InChI is InChI=1S/C20H31N3O4S/c1-17-6-2-3-10-22(17)11-5-9-21-20(24)18-7-4-8-19(16-18)28(25,26)23-12-14-27-15-13-23/h4,7-8,16-17H,2-3,5-6,9-15H2,1H3,(H,21,24)/p+1/t17-/m0/s1. The van der Waals surface area contributed by atoms with Crippen LogP contribution in [0.4, 0.5) is 0 Å². The van der Waals surface area contributed by atoms with Crippen molar-refractivity contribution in [3.8, 4) is 0 Å². The smallest absolute Gasteiger partial charge is 0.251 e. The van der Waals surface area contributed by atoms with Gasteiger partial charge in [-0.25, -0.2) is 8.42 Å². The minimum absolute atomic E-state index is 0.161. The molecule has 1 amide bonds. The van der Waals surface area contributed by atoms with Crippen LogP contribution in [0.15, 0.2) is 29.2 Å². The second-order valence-electron chi connectivity index (χ2n) is 7.71. The number of ether oxygens (including phenoxy) is 1. The third kappa shape index (κ3) is 5.31. The average molecular weight is 411 g/mol. The van der Waals surface area contributed by atoms with Gasteiger partial charge >= 0.3 is 0 Å². The first-order valence-corrected chi connectivity index (χ1v) is 11.7. The number of nitrogens with one attached hydrogen (secondary N) is 2. The summed E-state index contributed by atoms with van der Waals surface area (Å²) in [4.78, 5) is 14.3. The summed E-state index contributed by atoms with van der Waals surface area (Å²) in [6.07, 6.45) is 4.82. The topological polar surface area (TPSA) is 80.2 Å². The molecule has 0 saturated carbocycles. The van der Waals surface area contributed by atoms with E-state index in [1.807, 2.05) is 0 Å². The third-order valence-electron chi connectivity index (χ3n) is 5.75. The molecule has 0 spiro atoms. The molecule has 7 nitrogen and oxygen atoms in total. The number of benzene rings is 1. The van der Waals surface area contributed by atoms with Crippen LogP contribution in [-0.2, 0) is 14.8 Å². The number of piperidine rings is 1. The number of carbonyl (C=O) groups is 1. The lowest BCUT2D eigenvalue weighted by Gasteiger charge is -2.30. The van der Waals surface area contributed by atoms with Crippen LogP contribution in [0.25, 0.3) is 0 Å². The van der Waals surface area contributed by atoms with Gasteiger partial charge in [0.2, 0.25) is 10.0 Å². The van der Waals surface area contributed by atoms with Crippen LogP contribution in [0.1, 0.15) is 43.0 Å². The molecule has 2 aliphatic heterocycles. The molecule has 0 radical (unpaired) electrons. The van der Waals surface area contributed by atoms with E-state index in [9.17, 15) is 13.2 Å². The van der Waals surface area contributed by atoms with E-state index >= 15 is 0 Å². The molecule has 3 rings (SSSR count). The Bertz CT molecular complexity index is 762. The number of nitrogens with zero attached hydrogens (tertiary/aromatic N) is 1. The van der Waals surface area contributed by atoms with Crippen LogP contribution >= 0.6 is 0 Å². The minimum Gasteiger partial charge on any atom is -0.379 e. The van der Waals surface area contributed by atoms with Crippen molar-refractivity contribution in [3.05, 3.63) is 29.8 Å². The summed E-state index contributed by atoms with van der Waals surface area (Å²) in [6.45, 7) is 6.67. The van der Waals surface area contributed by atoms with Crippen molar-refractivity contribution >= 4 is 15.9 Å². The van der Waals surface area contributed by atoms with Crippen molar-refractivity contribution in [1.29, 1.82) is 0 Å². The lowest BCUT2D eigenvalue weighted by Crippen LogP contribution is -3.16. The Labute approximate surface area is 168 Å². The SMILES string of the molecule is C[C@H]1CCCC[NH+]1CCCNC(=O)c1cccc(S(=O)(=O)N2CCOCC2)c1. The molecule has 0 bridgehead atoms. The summed E-state index contributed by atoms with van der Waals surface area (Å²) in [5.74, 6) is -0.222. The Morgan fingerprint density at radius 1 is 1.29 bits per heavy atom. The first-order chi connectivity index (χ1) is 13.5. The van der Waals surface area contributed by atoms with E-state index in [4.69, 9.17) is 4.74 Å². The van der Waals surface area contributed by atoms with E-state index in [1.165, 1.54) is 36.2 Å². The Morgan fingerprint density at radius 2 is 2.07 bits per heavy atom. The summed E-state index contributed by atoms with van der Waals surface area (Å²) in [7, 11) is -3.59. The zero-order valence-corrected chi connectivity index (χ0v) is 17.5. The molecule has 2 aliphatic rings. The van der Waals surface area contributed by atoms with Crippen LogP contribution in [0, 0.1) is 0 Å². The molecular formula is C20H32N3O4S+. The maximum Gasteiger partial charge on any atom is 0.251 e. The molecule has 2 saturated heterocycles. The minimum atomic E-state index is -3.59. The van der Waals surface area contributed by atoms with Crippen molar-refractivity contribution < 1.29 is 22.8 Å². The number of quaternary nitrogens is 1. The number of amides is 1. The van der Waals surface area contributed by atoms with Gasteiger partial charge in [-0.15, -0.1) is 0 Å². The molecule has 2 heterocycles. The van der Waals surface area contributed by atoms with Crippen molar-refractivity contribution in [1.82, 2.24) is 9.62 Å². The number of rotatable bonds is 7. The number of hydrogen-bond donors (Lipinski definition) is 2. The van der Waals surface area contributed by atoms with Crippen molar-refractivity contribution in [2.45, 2.75) is 43.5 Å². The van der Waals surface area contributed by atoms with Crippen LogP contribution in [-0.4, -0.2) is 70.6 Å². The number of sulfonamides is 1. The fourth-order valence-electron chi connectivity index (χ4n) is 3.98. The number of carbonyl (C=O) groups excluding carboxylic acids is 1. The van der Waals surface area contributed by atoms with E-state index in [2.05, 4.69) is 12.2 Å². The number of hydrogen-bond acceptors (Lipinski definition) is 4. The zero-order chi connectivity index (χ0) is 20.0. The highest BCUT2D eigenvalue weighted by Gasteiger charge is 2.27. The molecule has 2 atom stereocenters. The first-order valence-electron chi connectivity index (χ1n) is 10.3. The normalized spacial score (nSPS) is 24.0. The van der Waals surface area contributed by atoms with E-state index < -0.39 is 10.0 Å². The molecule has 156 valence electrons. The maximum atomic E-state index is 12.8. The Hall–Kier alpha value is -1.48. The highest BCUT2D eigenvalue weighted by molar-refractivity contribution is 7.89. The summed E-state index contributed by atoms with van der Waals surface area (Å²) in [5, 5.41) is 2.93. The molecule has 0 aliphatic carbocycles. The molecule has 8 heteroatoms. The number of morpholine rings is 1. The van der Waals surface area contributed by atoms with Crippen molar-refractivity contribution in [3.63, 3.8) is 0 Å². The Kier molecular flexibility index (Phi) is 7.45. The molecule has 1 unspecified atom stereocenters. The molecule has 1 aromatic rings. The van der Waals surface area contributed by atoms with E-state index in [-0.39, 0.29) is 10.8 Å². The lowest BCUT2D eigenvalue weighted by molar-refractivity contribution is -0.928. The molecule has 28 heavy (non-hydrogen) atoms. The van der Waals surface area contributed by atoms with E-state index in [1.54, 1.807) is 23.1 Å². The van der Waals surface area contributed by atoms with Gasteiger partial charge in [-0.2, -0.15) is 4.31 Å². The fourth-order valence-corrected chi connectivity index (χ4v) is 5.43. The van der Waals surface area contributed by atoms with Gasteiger partial charge in [-0.05, 0) is 44.4 Å². The van der Waals surface area contributed by atoms with Crippen LogP contribution < -0.4 is 10.2 Å². The highest BCUT2D eigenvalue weighted by Crippen LogP contribution is 2.18. The van der Waals surface area contributed by atoms with Gasteiger partial charge < -0.3 is 15.0 Å². The summed E-state index contributed by atoms with van der Waals surface area (Å²) < 4.78 is 32.2. The van der Waals surface area contributed by atoms with Gasteiger partial charge in [0, 0.05) is 31.6 Å². The fraction of sp³-hybridized carbons (Fsp3) is 0.650. The van der Waals surface area contributed by atoms with Crippen molar-refractivity contribution in [2.24, 2.45) is 0 Å². The molecule has 0 aromatic heterocycles. The highest BCUT2D eigenvalue weighted by atomic mass is 32.2. The number of likely N-dealkylation sites (tertiary alicyclic amines) is 1. The van der Waals surface area contributed by atoms with Gasteiger partial charge in [0.1, 0.15) is 0 Å². The monoisotopic (exact) mass is 410 g/mol. The molecule has 1 aromatic carbocycles. The summed E-state index contributed by atoms with van der Waals surface area (Å²) in [6, 6.07) is 7.00. The largest absolute Gasteiger partial charge is 0.379 e. The van der Waals surface area contributed by atoms with Crippen LogP contribution in [0.3, 0.4) is 0 Å². The quantitative estimate of drug-likeness (QED) is 0.633. The van der Waals surface area contributed by atoms with E-state index in [0.717, 1.165) is 13.0 Å². The first kappa shape index (κ1) is 21.2. The predicted octanol–water partition coefficient (Wildman–Crippen LogP) is 0.285. The van der Waals surface area contributed by atoms with Gasteiger partial charge in [0.25, 0.3) is 5.91 Å². The third-order valence-corrected chi connectivity index (χ3v) is 7.64. The summed E-state index contributed by atoms with van der Waals surface area (Å²) >= 11 is 0. The lowest BCUT2D eigenvalue weighted by atomic mass is 10.0. The Morgan fingerprint density at radius 3 is 2.82 bits per heavy atom. The second kappa shape index (κ2) is 9.82. The van der Waals surface area contributed by atoms with Crippen molar-refractivity contribution in [2.75, 3.05) is 45.9 Å². The zero-order valence-electron chi connectivity index (χ0n) is 16.7. The molecule has 2 fully saturated rings.